The molecule has 7 heteroatoms. The van der Waals surface area contributed by atoms with Crippen LogP contribution in [0.2, 0.25) is 0 Å². The summed E-state index contributed by atoms with van der Waals surface area (Å²) in [6, 6.07) is 9.81. The van der Waals surface area contributed by atoms with Gasteiger partial charge in [0.25, 0.3) is 0 Å². The van der Waals surface area contributed by atoms with Gasteiger partial charge in [-0.1, -0.05) is 0 Å². The zero-order chi connectivity index (χ0) is 18.8. The van der Waals surface area contributed by atoms with Crippen molar-refractivity contribution in [1.82, 2.24) is 15.3 Å². The summed E-state index contributed by atoms with van der Waals surface area (Å²) in [5, 5.41) is 4.37. The first-order chi connectivity index (χ1) is 13.1. The summed E-state index contributed by atoms with van der Waals surface area (Å²) >= 11 is 0. The lowest BCUT2D eigenvalue weighted by Gasteiger charge is -2.34. The summed E-state index contributed by atoms with van der Waals surface area (Å²) in [6.45, 7) is 4.88. The minimum atomic E-state index is -0.430. The van der Waals surface area contributed by atoms with Gasteiger partial charge >= 0.3 is 5.97 Å². The zero-order valence-corrected chi connectivity index (χ0v) is 15.4. The Bertz CT molecular complexity index is 969. The Hall–Kier alpha value is -3.06. The highest BCUT2D eigenvalue weighted by molar-refractivity contribution is 5.93. The van der Waals surface area contributed by atoms with Crippen LogP contribution in [0.4, 0.5) is 5.69 Å². The Morgan fingerprint density at radius 1 is 1.30 bits per heavy atom. The quantitative estimate of drug-likeness (QED) is 0.691. The van der Waals surface area contributed by atoms with E-state index in [0.717, 1.165) is 36.4 Å². The molecule has 1 aliphatic rings. The molecule has 1 aliphatic heterocycles. The van der Waals surface area contributed by atoms with Crippen molar-refractivity contribution in [2.45, 2.75) is 13.0 Å². The van der Waals surface area contributed by atoms with E-state index in [-0.39, 0.29) is 0 Å². The molecule has 1 atom stereocenters. The number of ether oxygens (including phenoxy) is 2. The predicted molar refractivity (Wildman–Crippen MR) is 104 cm³/mol. The Morgan fingerprint density at radius 3 is 3.00 bits per heavy atom. The number of benzene rings is 1. The zero-order valence-electron chi connectivity index (χ0n) is 15.4. The fraction of sp³-hybridized carbons (Fsp3) is 0.300. The number of H-pyrrole nitrogens is 1. The van der Waals surface area contributed by atoms with E-state index in [1.807, 2.05) is 30.5 Å². The van der Waals surface area contributed by atoms with Gasteiger partial charge in [-0.05, 0) is 31.2 Å². The molecule has 2 N–H and O–H groups in total. The third kappa shape index (κ3) is 3.59. The number of methoxy groups -OCH3 is 1. The van der Waals surface area contributed by atoms with Crippen LogP contribution in [0.3, 0.4) is 0 Å². The molecule has 0 spiro atoms. The van der Waals surface area contributed by atoms with Crippen molar-refractivity contribution in [3.05, 3.63) is 48.3 Å². The maximum atomic E-state index is 12.2. The van der Waals surface area contributed by atoms with E-state index in [9.17, 15) is 4.79 Å². The van der Waals surface area contributed by atoms with E-state index in [1.165, 1.54) is 7.11 Å². The number of nitrogens with zero attached hydrogens (tertiary/aromatic N) is 2. The Kier molecular flexibility index (Phi) is 4.68. The number of carbonyl (C=O) groups excluding carboxylic acids is 1. The molecular weight excluding hydrogens is 344 g/mol. The molecule has 7 nitrogen and oxygen atoms in total. The van der Waals surface area contributed by atoms with Gasteiger partial charge in [-0.3, -0.25) is 0 Å². The molecule has 0 bridgehead atoms. The van der Waals surface area contributed by atoms with Gasteiger partial charge < -0.3 is 24.7 Å². The molecule has 4 rings (SSSR count). The number of piperazine rings is 1. The standard InChI is InChI=1S/C20H22N4O3/c1-13-12-24(8-7-21-13)15-3-4-17(20(25)26-2)18(10-15)27-16-9-14-5-6-22-19(14)23-11-16/h3-6,9-11,13,21H,7-8,12H2,1-2H3,(H,22,23)/t13-/m1/s1. The van der Waals surface area contributed by atoms with Gasteiger partial charge in [0, 0.05) is 49.0 Å². The fourth-order valence-corrected chi connectivity index (χ4v) is 3.34. The molecule has 0 radical (unpaired) electrons. The summed E-state index contributed by atoms with van der Waals surface area (Å²) in [6.07, 6.45) is 3.47. The summed E-state index contributed by atoms with van der Waals surface area (Å²) in [5.74, 6) is 0.598. The molecule has 0 aliphatic carbocycles. The van der Waals surface area contributed by atoms with Gasteiger partial charge in [0.2, 0.25) is 0 Å². The SMILES string of the molecule is COC(=O)c1ccc(N2CCN[C@H](C)C2)cc1Oc1cnc2[nH]ccc2c1. The van der Waals surface area contributed by atoms with Crippen molar-refractivity contribution < 1.29 is 14.3 Å². The summed E-state index contributed by atoms with van der Waals surface area (Å²) in [7, 11) is 1.37. The molecular formula is C20H22N4O3. The van der Waals surface area contributed by atoms with Crippen LogP contribution in [0.15, 0.2) is 42.7 Å². The maximum absolute atomic E-state index is 12.2. The van der Waals surface area contributed by atoms with Crippen molar-refractivity contribution in [3.8, 4) is 11.5 Å². The number of anilines is 1. The lowest BCUT2D eigenvalue weighted by Crippen LogP contribution is -2.49. The highest BCUT2D eigenvalue weighted by Gasteiger charge is 2.20. The van der Waals surface area contributed by atoms with E-state index in [4.69, 9.17) is 9.47 Å². The second-order valence-corrected chi connectivity index (χ2v) is 6.66. The summed E-state index contributed by atoms with van der Waals surface area (Å²) < 4.78 is 11.0. The molecule has 0 amide bonds. The number of hydrogen-bond acceptors (Lipinski definition) is 6. The number of aromatic amines is 1. The van der Waals surface area contributed by atoms with E-state index < -0.39 is 5.97 Å². The van der Waals surface area contributed by atoms with E-state index in [2.05, 4.69) is 27.1 Å². The lowest BCUT2D eigenvalue weighted by atomic mass is 10.1. The van der Waals surface area contributed by atoms with Crippen LogP contribution >= 0.6 is 0 Å². The molecule has 3 heterocycles. The third-order valence-electron chi connectivity index (χ3n) is 4.71. The normalized spacial score (nSPS) is 17.1. The second-order valence-electron chi connectivity index (χ2n) is 6.66. The van der Waals surface area contributed by atoms with Crippen LogP contribution < -0.4 is 15.0 Å². The van der Waals surface area contributed by atoms with E-state index in [1.54, 1.807) is 12.3 Å². The number of carbonyl (C=O) groups is 1. The van der Waals surface area contributed by atoms with Crippen LogP contribution in [0, 0.1) is 0 Å². The largest absolute Gasteiger partial charge is 0.465 e. The molecule has 1 fully saturated rings. The van der Waals surface area contributed by atoms with Crippen molar-refractivity contribution in [3.63, 3.8) is 0 Å². The minimum absolute atomic E-state index is 0.388. The van der Waals surface area contributed by atoms with Crippen molar-refractivity contribution >= 4 is 22.7 Å². The average Bonchev–Trinajstić information content (AvgIpc) is 3.15. The summed E-state index contributed by atoms with van der Waals surface area (Å²) in [5.41, 5.74) is 2.19. The number of rotatable bonds is 4. The number of fused-ring (bicyclic) bond motifs is 1. The lowest BCUT2D eigenvalue weighted by molar-refractivity contribution is 0.0598. The van der Waals surface area contributed by atoms with Crippen LogP contribution in [-0.4, -0.2) is 48.7 Å². The molecule has 1 aromatic carbocycles. The van der Waals surface area contributed by atoms with Crippen LogP contribution in [-0.2, 0) is 4.74 Å². The van der Waals surface area contributed by atoms with Gasteiger partial charge in [-0.2, -0.15) is 0 Å². The third-order valence-corrected chi connectivity index (χ3v) is 4.71. The number of hydrogen-bond donors (Lipinski definition) is 2. The number of aromatic nitrogens is 2. The molecule has 3 aromatic rings. The highest BCUT2D eigenvalue weighted by Crippen LogP contribution is 2.31. The molecule has 2 aromatic heterocycles. The molecule has 140 valence electrons. The van der Waals surface area contributed by atoms with Crippen LogP contribution in [0.25, 0.3) is 11.0 Å². The van der Waals surface area contributed by atoms with E-state index >= 15 is 0 Å². The molecule has 27 heavy (non-hydrogen) atoms. The monoisotopic (exact) mass is 366 g/mol. The van der Waals surface area contributed by atoms with Crippen LogP contribution in [0.5, 0.6) is 11.5 Å². The Morgan fingerprint density at radius 2 is 2.19 bits per heavy atom. The fourth-order valence-electron chi connectivity index (χ4n) is 3.34. The topological polar surface area (TPSA) is 79.5 Å². The van der Waals surface area contributed by atoms with E-state index in [0.29, 0.717) is 23.1 Å². The molecule has 0 saturated carbocycles. The maximum Gasteiger partial charge on any atom is 0.341 e. The van der Waals surface area contributed by atoms with Gasteiger partial charge in [-0.25, -0.2) is 9.78 Å². The van der Waals surface area contributed by atoms with Gasteiger partial charge in [0.05, 0.1) is 13.3 Å². The molecule has 1 saturated heterocycles. The van der Waals surface area contributed by atoms with Gasteiger partial charge in [0.1, 0.15) is 22.7 Å². The Balaban J connectivity index is 1.68. The first-order valence-corrected chi connectivity index (χ1v) is 8.96. The first-order valence-electron chi connectivity index (χ1n) is 8.96. The first kappa shape index (κ1) is 17.4. The number of pyridine rings is 1. The van der Waals surface area contributed by atoms with Crippen molar-refractivity contribution in [2.24, 2.45) is 0 Å². The second kappa shape index (κ2) is 7.28. The highest BCUT2D eigenvalue weighted by atomic mass is 16.5. The number of esters is 1. The summed E-state index contributed by atoms with van der Waals surface area (Å²) in [4.78, 5) is 21.9. The van der Waals surface area contributed by atoms with Crippen molar-refractivity contribution in [2.75, 3.05) is 31.6 Å². The van der Waals surface area contributed by atoms with Gasteiger partial charge in [0.15, 0.2) is 0 Å². The number of nitrogens with one attached hydrogen (secondary N) is 2. The predicted octanol–water partition coefficient (Wildman–Crippen LogP) is 2.94. The average molecular weight is 366 g/mol. The minimum Gasteiger partial charge on any atom is -0.465 e. The van der Waals surface area contributed by atoms with Crippen LogP contribution in [0.1, 0.15) is 17.3 Å². The Labute approximate surface area is 157 Å². The molecule has 0 unspecified atom stereocenters. The van der Waals surface area contributed by atoms with Gasteiger partial charge in [-0.15, -0.1) is 0 Å². The van der Waals surface area contributed by atoms with Crippen molar-refractivity contribution in [1.29, 1.82) is 0 Å². The smallest absolute Gasteiger partial charge is 0.341 e.